The van der Waals surface area contributed by atoms with Crippen LogP contribution in [0.5, 0.6) is 5.88 Å². The number of aromatic amines is 1. The van der Waals surface area contributed by atoms with Gasteiger partial charge in [0.25, 0.3) is 11.4 Å². The highest BCUT2D eigenvalue weighted by Gasteiger charge is 2.20. The van der Waals surface area contributed by atoms with E-state index in [1.807, 2.05) is 81.4 Å². The van der Waals surface area contributed by atoms with Crippen LogP contribution in [0, 0.1) is 11.8 Å². The van der Waals surface area contributed by atoms with E-state index >= 15 is 0 Å². The number of hydrogen-bond donors (Lipinski definition) is 2. The number of amides is 1. The molecule has 2 aromatic heterocycles. The van der Waals surface area contributed by atoms with E-state index in [9.17, 15) is 9.59 Å². The number of alkyl carbamates (subject to hydrolysis) is 1. The summed E-state index contributed by atoms with van der Waals surface area (Å²) >= 11 is 0. The van der Waals surface area contributed by atoms with Gasteiger partial charge in [0.05, 0.1) is 17.7 Å². The molecule has 0 unspecified atom stereocenters. The minimum absolute atomic E-state index is 0.118. The first kappa shape index (κ1) is 32.2. The topological polar surface area (TPSA) is 120 Å². The fourth-order valence-corrected chi connectivity index (χ4v) is 4.17. The van der Waals surface area contributed by atoms with Crippen molar-refractivity contribution in [2.75, 3.05) is 13.2 Å². The smallest absolute Gasteiger partial charge is 0.407 e. The van der Waals surface area contributed by atoms with Gasteiger partial charge in [-0.2, -0.15) is 5.16 Å². The van der Waals surface area contributed by atoms with Crippen molar-refractivity contribution in [3.8, 4) is 28.5 Å². The van der Waals surface area contributed by atoms with Gasteiger partial charge in [-0.25, -0.2) is 4.79 Å². The lowest BCUT2D eigenvalue weighted by atomic mass is 10.0. The Morgan fingerprint density at radius 2 is 1.43 bits per heavy atom. The van der Waals surface area contributed by atoms with Gasteiger partial charge in [0.15, 0.2) is 11.5 Å². The van der Waals surface area contributed by atoms with Crippen LogP contribution in [0.1, 0.15) is 59.6 Å². The minimum atomic E-state index is -0.522. The molecule has 0 spiro atoms. The molecule has 0 aliphatic carbocycles. The average molecular weight is 578 g/mol. The normalized spacial score (nSPS) is 11.3. The molecular formula is C33H43N3O6. The Morgan fingerprint density at radius 3 is 1.98 bits per heavy atom. The van der Waals surface area contributed by atoms with Crippen molar-refractivity contribution in [1.29, 1.82) is 0 Å². The second-order valence-corrected chi connectivity index (χ2v) is 11.8. The van der Waals surface area contributed by atoms with Crippen molar-refractivity contribution in [3.05, 3.63) is 82.1 Å². The van der Waals surface area contributed by atoms with Crippen LogP contribution in [0.15, 0.2) is 74.5 Å². The molecule has 2 N–H and O–H groups in total. The van der Waals surface area contributed by atoms with Crippen LogP contribution < -0.4 is 15.6 Å². The Kier molecular flexibility index (Phi) is 11.6. The van der Waals surface area contributed by atoms with E-state index in [2.05, 4.69) is 43.3 Å². The number of carbonyl (C=O) groups excluding carboxylic acids is 1. The summed E-state index contributed by atoms with van der Waals surface area (Å²) in [6.45, 7) is 14.5. The van der Waals surface area contributed by atoms with Crippen LogP contribution in [0.2, 0.25) is 0 Å². The highest BCUT2D eigenvalue weighted by atomic mass is 16.6. The first-order valence-corrected chi connectivity index (χ1v) is 14.3. The SMILES string of the molecule is CC(C)Cc1c(-c2ccccc2)o[nH]c1=O.CC(C)Cc1c(OCCNC(=O)OC(C)(C)C)noc1-c1ccccc1. The van der Waals surface area contributed by atoms with E-state index in [1.54, 1.807) is 0 Å². The summed E-state index contributed by atoms with van der Waals surface area (Å²) in [6, 6.07) is 19.5. The second kappa shape index (κ2) is 15.1. The Bertz CT molecular complexity index is 1430. The number of aromatic nitrogens is 2. The fraction of sp³-hybridized carbons (Fsp3) is 0.424. The standard InChI is InChI=1S/C20H28N2O4.C13H15NO2/c1-14(2)13-16-17(15-9-7-6-8-10-15)26-22-18(16)24-12-11-21-19(23)25-20(3,4)5;1-9(2)8-11-12(16-14-13(11)15)10-6-4-3-5-7-10/h6-10,14H,11-13H2,1-5H3,(H,21,23);3-7,9H,8H2,1-2H3,(H,14,15). The summed E-state index contributed by atoms with van der Waals surface area (Å²) in [5.41, 5.74) is 2.96. The molecule has 0 aliphatic rings. The number of rotatable bonds is 10. The molecule has 2 heterocycles. The van der Waals surface area contributed by atoms with Crippen molar-refractivity contribution in [1.82, 2.24) is 15.6 Å². The molecule has 42 heavy (non-hydrogen) atoms. The third-order valence-corrected chi connectivity index (χ3v) is 5.85. The molecule has 0 aliphatic heterocycles. The summed E-state index contributed by atoms with van der Waals surface area (Å²) in [6.07, 6.45) is 1.06. The molecule has 1 amide bonds. The number of carbonyl (C=O) groups is 1. The predicted molar refractivity (Wildman–Crippen MR) is 164 cm³/mol. The van der Waals surface area contributed by atoms with Crippen LogP contribution in [0.3, 0.4) is 0 Å². The largest absolute Gasteiger partial charge is 0.473 e. The van der Waals surface area contributed by atoms with E-state index in [0.29, 0.717) is 30.0 Å². The number of nitrogens with one attached hydrogen (secondary N) is 2. The summed E-state index contributed by atoms with van der Waals surface area (Å²) in [4.78, 5) is 23.2. The van der Waals surface area contributed by atoms with E-state index in [-0.39, 0.29) is 12.2 Å². The van der Waals surface area contributed by atoms with Gasteiger partial charge in [-0.3, -0.25) is 4.79 Å². The van der Waals surface area contributed by atoms with Crippen LogP contribution in [-0.4, -0.2) is 35.2 Å². The number of benzene rings is 2. The highest BCUT2D eigenvalue weighted by molar-refractivity contribution is 5.67. The number of hydrogen-bond acceptors (Lipinski definition) is 7. The van der Waals surface area contributed by atoms with Crippen molar-refractivity contribution in [3.63, 3.8) is 0 Å². The van der Waals surface area contributed by atoms with E-state index in [0.717, 1.165) is 40.9 Å². The molecule has 4 rings (SSSR count). The molecule has 2 aromatic carbocycles. The molecular weight excluding hydrogens is 534 g/mol. The second-order valence-electron chi connectivity index (χ2n) is 11.8. The summed E-state index contributed by atoms with van der Waals surface area (Å²) in [5, 5.41) is 9.15. The van der Waals surface area contributed by atoms with Gasteiger partial charge in [0.2, 0.25) is 0 Å². The Hall–Kier alpha value is -4.27. The van der Waals surface area contributed by atoms with Crippen LogP contribution in [0.25, 0.3) is 22.6 Å². The van der Waals surface area contributed by atoms with Gasteiger partial charge in [-0.15, -0.1) is 0 Å². The maximum absolute atomic E-state index is 11.6. The first-order chi connectivity index (χ1) is 19.9. The fourth-order valence-electron chi connectivity index (χ4n) is 4.17. The molecule has 4 aromatic rings. The first-order valence-electron chi connectivity index (χ1n) is 14.3. The summed E-state index contributed by atoms with van der Waals surface area (Å²) in [7, 11) is 0. The van der Waals surface area contributed by atoms with Crippen LogP contribution in [0.4, 0.5) is 4.79 Å². The number of ether oxygens (including phenoxy) is 2. The maximum Gasteiger partial charge on any atom is 0.407 e. The molecule has 0 radical (unpaired) electrons. The van der Waals surface area contributed by atoms with E-state index < -0.39 is 11.7 Å². The molecule has 0 atom stereocenters. The zero-order chi connectivity index (χ0) is 30.7. The van der Waals surface area contributed by atoms with Crippen molar-refractivity contribution in [2.45, 2.75) is 66.9 Å². The minimum Gasteiger partial charge on any atom is -0.473 e. The van der Waals surface area contributed by atoms with Gasteiger partial charge in [0.1, 0.15) is 12.2 Å². The molecule has 9 nitrogen and oxygen atoms in total. The Balaban J connectivity index is 0.000000258. The van der Waals surface area contributed by atoms with Crippen LogP contribution >= 0.6 is 0 Å². The Morgan fingerprint density at radius 1 is 0.881 bits per heavy atom. The molecule has 0 saturated carbocycles. The third kappa shape index (κ3) is 9.98. The van der Waals surface area contributed by atoms with Crippen molar-refractivity contribution >= 4 is 6.09 Å². The van der Waals surface area contributed by atoms with Gasteiger partial charge in [0, 0.05) is 11.1 Å². The zero-order valence-electron chi connectivity index (χ0n) is 25.7. The van der Waals surface area contributed by atoms with E-state index in [4.69, 9.17) is 18.5 Å². The van der Waals surface area contributed by atoms with Crippen molar-refractivity contribution in [2.24, 2.45) is 11.8 Å². The van der Waals surface area contributed by atoms with Crippen LogP contribution in [-0.2, 0) is 17.6 Å². The predicted octanol–water partition coefficient (Wildman–Crippen LogP) is 7.28. The monoisotopic (exact) mass is 577 g/mol. The van der Waals surface area contributed by atoms with Gasteiger partial charge in [-0.1, -0.05) is 88.4 Å². The average Bonchev–Trinajstić information content (AvgIpc) is 3.49. The number of H-pyrrole nitrogens is 1. The van der Waals surface area contributed by atoms with Gasteiger partial charge in [-0.05, 0) is 50.6 Å². The molecule has 9 heteroatoms. The molecule has 0 saturated heterocycles. The maximum atomic E-state index is 11.6. The van der Waals surface area contributed by atoms with Gasteiger partial charge >= 0.3 is 6.09 Å². The Labute approximate surface area is 247 Å². The lowest BCUT2D eigenvalue weighted by molar-refractivity contribution is 0.0519. The summed E-state index contributed by atoms with van der Waals surface area (Å²) < 4.78 is 21.7. The quantitative estimate of drug-likeness (QED) is 0.190. The molecule has 0 bridgehead atoms. The molecule has 226 valence electrons. The zero-order valence-corrected chi connectivity index (χ0v) is 25.7. The van der Waals surface area contributed by atoms with Gasteiger partial charge < -0.3 is 23.8 Å². The highest BCUT2D eigenvalue weighted by Crippen LogP contribution is 2.32. The molecule has 0 fully saturated rings. The summed E-state index contributed by atoms with van der Waals surface area (Å²) in [5.74, 6) is 2.73. The number of nitrogens with zero attached hydrogens (tertiary/aromatic N) is 1. The third-order valence-electron chi connectivity index (χ3n) is 5.85. The van der Waals surface area contributed by atoms with E-state index in [1.165, 1.54) is 0 Å². The lowest BCUT2D eigenvalue weighted by Gasteiger charge is -2.19. The lowest BCUT2D eigenvalue weighted by Crippen LogP contribution is -2.34. The van der Waals surface area contributed by atoms with Crippen molar-refractivity contribution < 1.29 is 23.3 Å².